The minimum Gasteiger partial charge on any atom is -0.467 e. The van der Waals surface area contributed by atoms with Crippen molar-refractivity contribution in [2.24, 2.45) is 11.1 Å². The number of aromatic amines is 1. The Morgan fingerprint density at radius 1 is 1.10 bits per heavy atom. The van der Waals surface area contributed by atoms with E-state index in [9.17, 15) is 18.0 Å². The highest BCUT2D eigenvalue weighted by atomic mass is 32.2. The lowest BCUT2D eigenvalue weighted by atomic mass is 10.0. The Morgan fingerprint density at radius 3 is 2.46 bits per heavy atom. The van der Waals surface area contributed by atoms with E-state index in [0.717, 1.165) is 16.5 Å². The Balaban J connectivity index is 2.03. The van der Waals surface area contributed by atoms with Gasteiger partial charge in [-0.2, -0.15) is 0 Å². The summed E-state index contributed by atoms with van der Waals surface area (Å²) in [7, 11) is -2.52. The molecule has 39 heavy (non-hydrogen) atoms. The summed E-state index contributed by atoms with van der Waals surface area (Å²) in [5.41, 5.74) is 1.74. The van der Waals surface area contributed by atoms with Crippen molar-refractivity contribution in [2.75, 3.05) is 26.0 Å². The van der Waals surface area contributed by atoms with Gasteiger partial charge in [-0.15, -0.1) is 0 Å². The lowest BCUT2D eigenvalue weighted by Crippen LogP contribution is -2.51. The summed E-state index contributed by atoms with van der Waals surface area (Å²) in [6.45, 7) is 7.27. The molecule has 10 heteroatoms. The molecule has 3 rings (SSSR count). The molecule has 0 aliphatic rings. The number of para-hydroxylation sites is 1. The second kappa shape index (κ2) is 13.7. The molecule has 2 aromatic carbocycles. The van der Waals surface area contributed by atoms with E-state index in [1.165, 1.54) is 30.2 Å². The summed E-state index contributed by atoms with van der Waals surface area (Å²) >= 11 is 0. The molecule has 1 N–H and O–H groups in total. The number of nitrogens with one attached hydrogen (secondary N) is 1. The second-order valence-corrected chi connectivity index (χ2v) is 11.6. The summed E-state index contributed by atoms with van der Waals surface area (Å²) in [5.74, 6) is -1.61. The summed E-state index contributed by atoms with van der Waals surface area (Å²) in [6.07, 6.45) is 3.65. The maximum atomic E-state index is 14.0. The lowest BCUT2D eigenvalue weighted by Gasteiger charge is -2.30. The number of hydrogen-bond acceptors (Lipinski definition) is 7. The van der Waals surface area contributed by atoms with Crippen molar-refractivity contribution in [1.29, 1.82) is 0 Å². The largest absolute Gasteiger partial charge is 0.467 e. The molecule has 1 unspecified atom stereocenters. The van der Waals surface area contributed by atoms with Crippen molar-refractivity contribution >= 4 is 38.3 Å². The highest BCUT2D eigenvalue weighted by Gasteiger charge is 2.35. The van der Waals surface area contributed by atoms with Gasteiger partial charge in [-0.25, -0.2) is 13.2 Å². The van der Waals surface area contributed by atoms with Crippen molar-refractivity contribution in [3.63, 3.8) is 0 Å². The molecule has 0 saturated carbocycles. The average molecular weight is 554 g/mol. The smallest absolute Gasteiger partial charge is 0.328 e. The molecular weight excluding hydrogens is 518 g/mol. The van der Waals surface area contributed by atoms with E-state index in [-0.39, 0.29) is 42.5 Å². The van der Waals surface area contributed by atoms with Gasteiger partial charge in [0.1, 0.15) is 18.4 Å². The van der Waals surface area contributed by atoms with Crippen LogP contribution in [0, 0.1) is 5.92 Å². The number of methoxy groups -OCH3 is 1. The van der Waals surface area contributed by atoms with Crippen LogP contribution < -0.4 is 0 Å². The third-order valence-corrected chi connectivity index (χ3v) is 7.83. The molecule has 0 fully saturated rings. The number of amides is 1. The zero-order chi connectivity index (χ0) is 28.4. The summed E-state index contributed by atoms with van der Waals surface area (Å²) in [6, 6.07) is 14.5. The normalized spacial score (nSPS) is 12.8. The van der Waals surface area contributed by atoms with E-state index in [4.69, 9.17) is 9.57 Å². The number of hydrogen-bond donors (Lipinski definition) is 1. The van der Waals surface area contributed by atoms with Gasteiger partial charge in [0.05, 0.1) is 17.8 Å². The van der Waals surface area contributed by atoms with Crippen molar-refractivity contribution in [3.05, 3.63) is 79.0 Å². The van der Waals surface area contributed by atoms with Gasteiger partial charge in [0.2, 0.25) is 0 Å². The molecule has 0 bridgehead atoms. The fourth-order valence-corrected chi connectivity index (χ4v) is 5.46. The van der Waals surface area contributed by atoms with Crippen molar-refractivity contribution < 1.29 is 27.6 Å². The number of ether oxygens (including phenoxy) is 1. The number of H-pyrrole nitrogens is 1. The number of aromatic nitrogens is 1. The molecule has 0 aliphatic carbocycles. The van der Waals surface area contributed by atoms with Crippen LogP contribution in [-0.4, -0.2) is 67.9 Å². The van der Waals surface area contributed by atoms with E-state index >= 15 is 0 Å². The van der Waals surface area contributed by atoms with E-state index in [0.29, 0.717) is 0 Å². The quantitative estimate of drug-likeness (QED) is 0.105. The fourth-order valence-electron chi connectivity index (χ4n) is 4.21. The second-order valence-electron chi connectivity index (χ2n) is 9.45. The lowest BCUT2D eigenvalue weighted by molar-refractivity contribution is -0.150. The Kier molecular flexibility index (Phi) is 10.4. The first kappa shape index (κ1) is 29.6. The van der Waals surface area contributed by atoms with E-state index in [1.54, 1.807) is 24.4 Å². The zero-order valence-electron chi connectivity index (χ0n) is 22.5. The summed E-state index contributed by atoms with van der Waals surface area (Å²) in [5, 5.41) is 4.93. The Morgan fingerprint density at radius 2 is 1.79 bits per heavy atom. The number of carbonyl (C=O) groups is 2. The number of carbonyl (C=O) groups excluding carboxylic acids is 2. The molecule has 208 valence electrons. The van der Waals surface area contributed by atoms with Crippen LogP contribution in [0.4, 0.5) is 0 Å². The van der Waals surface area contributed by atoms with Gasteiger partial charge in [-0.3, -0.25) is 4.79 Å². The van der Waals surface area contributed by atoms with Crippen molar-refractivity contribution in [3.8, 4) is 0 Å². The number of rotatable bonds is 14. The number of benzene rings is 2. The maximum Gasteiger partial charge on any atom is 0.328 e. The fraction of sp³-hybridized carbons (Fsp3) is 0.345. The molecule has 0 aliphatic heterocycles. The van der Waals surface area contributed by atoms with Gasteiger partial charge in [-0.05, 0) is 29.7 Å². The molecule has 0 spiro atoms. The summed E-state index contributed by atoms with van der Waals surface area (Å²) < 4.78 is 31.4. The van der Waals surface area contributed by atoms with Gasteiger partial charge in [-0.1, -0.05) is 68.1 Å². The maximum absolute atomic E-state index is 14.0. The van der Waals surface area contributed by atoms with E-state index in [1.807, 2.05) is 38.1 Å². The van der Waals surface area contributed by atoms with Gasteiger partial charge in [0, 0.05) is 36.5 Å². The number of nitrogens with zero attached hydrogens (tertiary/aromatic N) is 2. The molecule has 1 amide bonds. The minimum absolute atomic E-state index is 0.0418. The van der Waals surface area contributed by atoms with Gasteiger partial charge in [0.25, 0.3) is 5.91 Å². The Hall–Kier alpha value is -3.92. The standard InChI is InChI=1S/C29H35N3O6S/c1-5-16-38-31-26(18-21(2)3)28(33)32(15-17-39(35,36)23-11-7-6-8-12-23)27(29(34)37-4)19-22-20-30-25-14-10-9-13-24(22)25/h5-14,20-21,27,30H,1,15-19H2,2-4H3. The predicted octanol–water partition coefficient (Wildman–Crippen LogP) is 4.16. The third kappa shape index (κ3) is 7.79. The zero-order valence-corrected chi connectivity index (χ0v) is 23.3. The third-order valence-electron chi connectivity index (χ3n) is 6.12. The van der Waals surface area contributed by atoms with Gasteiger partial charge >= 0.3 is 5.97 Å². The number of fused-ring (bicyclic) bond motifs is 1. The minimum atomic E-state index is -3.76. The molecule has 3 aromatic rings. The van der Waals surface area contributed by atoms with Crippen LogP contribution >= 0.6 is 0 Å². The number of oxime groups is 1. The van der Waals surface area contributed by atoms with Crippen molar-refractivity contribution in [2.45, 2.75) is 37.6 Å². The van der Waals surface area contributed by atoms with Crippen LogP contribution in [0.1, 0.15) is 25.8 Å². The first-order chi connectivity index (χ1) is 18.7. The van der Waals surface area contributed by atoms with Crippen LogP contribution in [0.2, 0.25) is 0 Å². The number of esters is 1. The predicted molar refractivity (Wildman–Crippen MR) is 151 cm³/mol. The molecule has 0 saturated heterocycles. The molecule has 1 heterocycles. The topological polar surface area (TPSA) is 118 Å². The SMILES string of the molecule is C=CCON=C(CC(C)C)C(=O)N(CCS(=O)(=O)c1ccccc1)C(Cc1c[nH]c2ccccc12)C(=O)OC. The van der Waals surface area contributed by atoms with Crippen molar-refractivity contribution in [1.82, 2.24) is 9.88 Å². The van der Waals surface area contributed by atoms with Crippen LogP contribution in [0.5, 0.6) is 0 Å². The first-order valence-corrected chi connectivity index (χ1v) is 14.3. The average Bonchev–Trinajstić information content (AvgIpc) is 3.34. The van der Waals surface area contributed by atoms with Crippen LogP contribution in [0.15, 0.2) is 83.5 Å². The Labute approximate surface area is 229 Å². The van der Waals surface area contributed by atoms with E-state index < -0.39 is 33.5 Å². The number of sulfone groups is 1. The molecule has 9 nitrogen and oxygen atoms in total. The highest BCUT2D eigenvalue weighted by molar-refractivity contribution is 7.91. The monoisotopic (exact) mass is 553 g/mol. The molecular formula is C29H35N3O6S. The molecule has 1 atom stereocenters. The molecule has 1 aromatic heterocycles. The van der Waals surface area contributed by atoms with E-state index in [2.05, 4.69) is 16.7 Å². The molecule has 0 radical (unpaired) electrons. The van der Waals surface area contributed by atoms with Crippen LogP contribution in [0.3, 0.4) is 0 Å². The van der Waals surface area contributed by atoms with Gasteiger partial charge < -0.3 is 19.5 Å². The summed E-state index contributed by atoms with van der Waals surface area (Å²) in [4.78, 5) is 36.9. The Bertz CT molecular complexity index is 1410. The van der Waals surface area contributed by atoms with Crippen LogP contribution in [0.25, 0.3) is 10.9 Å². The van der Waals surface area contributed by atoms with Crippen LogP contribution in [-0.2, 0) is 35.4 Å². The van der Waals surface area contributed by atoms with Gasteiger partial charge in [0.15, 0.2) is 9.84 Å². The highest BCUT2D eigenvalue weighted by Crippen LogP contribution is 2.22. The first-order valence-electron chi connectivity index (χ1n) is 12.7.